The Bertz CT molecular complexity index is 1560. The largest absolute Gasteiger partial charge is 0.459 e. The Hall–Kier alpha value is -3.45. The Morgan fingerprint density at radius 2 is 2.02 bits per heavy atom. The van der Waals surface area contributed by atoms with Gasteiger partial charge in [-0.15, -0.1) is 11.3 Å². The maximum absolute atomic E-state index is 14.2. The number of likely N-dealkylation sites (N-methyl/N-ethyl adjacent to an activating group) is 1. The number of alkyl halides is 1. The fraction of sp³-hybridized carbons (Fsp3) is 0.655. The number of rotatable bonds is 7. The SMILES string of the molecule is CO[C@]1(c2nc(-c3nc(O[C@@H](C)[C@@H]4C[C@@H](F)CN4C)nc(N4CCCC[C@](C)(O)C4)n3)no2)CCCc2sc(N)c(C#N)c21. The quantitative estimate of drug-likeness (QED) is 0.391. The molecule has 3 aromatic heterocycles. The molecule has 3 aliphatic rings. The summed E-state index contributed by atoms with van der Waals surface area (Å²) in [5.41, 5.74) is 5.15. The maximum atomic E-state index is 14.2. The molecular weight excluding hydrogens is 589 g/mol. The second-order valence-corrected chi connectivity index (χ2v) is 13.5. The predicted octanol–water partition coefficient (Wildman–Crippen LogP) is 3.21. The molecule has 2 aliphatic heterocycles. The number of nitrogens with zero attached hydrogens (tertiary/aromatic N) is 8. The zero-order chi connectivity index (χ0) is 31.2. The second kappa shape index (κ2) is 11.8. The fourth-order valence-corrected chi connectivity index (χ4v) is 7.90. The van der Waals surface area contributed by atoms with E-state index in [1.165, 1.54) is 11.3 Å². The number of nitrogen functional groups attached to an aromatic ring is 1. The Balaban J connectivity index is 1.39. The summed E-state index contributed by atoms with van der Waals surface area (Å²) in [4.78, 5) is 23.4. The molecule has 15 heteroatoms. The van der Waals surface area contributed by atoms with E-state index < -0.39 is 23.5 Å². The summed E-state index contributed by atoms with van der Waals surface area (Å²) in [5, 5.41) is 25.5. The highest BCUT2D eigenvalue weighted by atomic mass is 32.1. The van der Waals surface area contributed by atoms with Crippen LogP contribution in [-0.4, -0.2) is 92.8 Å². The number of halogens is 1. The van der Waals surface area contributed by atoms with Crippen molar-refractivity contribution in [1.29, 1.82) is 5.26 Å². The average Bonchev–Trinajstić information content (AvgIpc) is 3.67. The smallest absolute Gasteiger partial charge is 0.322 e. The Kier molecular flexibility index (Phi) is 8.20. The topological polar surface area (TPSA) is 173 Å². The lowest BCUT2D eigenvalue weighted by atomic mass is 9.80. The van der Waals surface area contributed by atoms with Gasteiger partial charge in [0, 0.05) is 43.2 Å². The molecule has 0 radical (unpaired) electrons. The van der Waals surface area contributed by atoms with Crippen LogP contribution in [-0.2, 0) is 16.8 Å². The van der Waals surface area contributed by atoms with Crippen molar-refractivity contribution in [1.82, 2.24) is 30.0 Å². The second-order valence-electron chi connectivity index (χ2n) is 12.3. The Labute approximate surface area is 259 Å². The van der Waals surface area contributed by atoms with E-state index in [0.717, 1.165) is 30.6 Å². The van der Waals surface area contributed by atoms with Gasteiger partial charge in [-0.3, -0.25) is 4.90 Å². The lowest BCUT2D eigenvalue weighted by Crippen LogP contribution is -2.40. The number of thiophene rings is 1. The third-order valence-electron chi connectivity index (χ3n) is 8.97. The molecule has 0 amide bonds. The van der Waals surface area contributed by atoms with Gasteiger partial charge in [0.25, 0.3) is 5.89 Å². The number of aryl methyl sites for hydroxylation is 1. The summed E-state index contributed by atoms with van der Waals surface area (Å²) in [6, 6.07) is 2.11. The standard InChI is InChI=1S/C29H38FN9O4S/c1-16(19-12-17(30)14-38(19)3)42-27-35-23(34-26(36-27)39-11-6-5-9-28(2,40)15-39)24-33-25(43-37-24)29(41-4)10-7-8-20-21(29)18(13-31)22(32)44-20/h16-17,19,40H,5-12,14-15,32H2,1-4H3/t16-,17+,19-,28-,29+/m0/s1. The van der Waals surface area contributed by atoms with Crippen LogP contribution in [0.15, 0.2) is 4.52 Å². The van der Waals surface area contributed by atoms with Gasteiger partial charge in [-0.2, -0.15) is 25.2 Å². The van der Waals surface area contributed by atoms with Crippen molar-refractivity contribution in [2.45, 2.75) is 88.3 Å². The molecule has 0 aromatic carbocycles. The first-order valence-electron chi connectivity index (χ1n) is 15.0. The van der Waals surface area contributed by atoms with E-state index >= 15 is 0 Å². The number of hydrogen-bond donors (Lipinski definition) is 2. The fourth-order valence-electron chi connectivity index (χ4n) is 6.77. The molecule has 5 heterocycles. The van der Waals surface area contributed by atoms with Gasteiger partial charge >= 0.3 is 6.01 Å². The van der Waals surface area contributed by atoms with Crippen molar-refractivity contribution >= 4 is 22.3 Å². The van der Waals surface area contributed by atoms with Crippen molar-refractivity contribution in [3.63, 3.8) is 0 Å². The Morgan fingerprint density at radius 3 is 2.75 bits per heavy atom. The molecule has 3 N–H and O–H groups in total. The molecule has 44 heavy (non-hydrogen) atoms. The number of fused-ring (bicyclic) bond motifs is 1. The van der Waals surface area contributed by atoms with Crippen molar-refractivity contribution in [2.75, 3.05) is 44.4 Å². The first kappa shape index (κ1) is 30.6. The molecule has 5 atom stereocenters. The molecule has 236 valence electrons. The molecule has 13 nitrogen and oxygen atoms in total. The van der Waals surface area contributed by atoms with Gasteiger partial charge in [-0.05, 0) is 65.8 Å². The number of β-amino-alcohol motifs (C(OH)–C–C–N with tert-alkyl or cyclic N) is 1. The van der Waals surface area contributed by atoms with E-state index in [0.29, 0.717) is 61.0 Å². The van der Waals surface area contributed by atoms with Crippen LogP contribution in [0.4, 0.5) is 15.3 Å². The van der Waals surface area contributed by atoms with E-state index in [2.05, 4.69) is 21.2 Å². The minimum atomic E-state index is -1.15. The highest BCUT2D eigenvalue weighted by molar-refractivity contribution is 7.16. The van der Waals surface area contributed by atoms with E-state index in [-0.39, 0.29) is 29.6 Å². The van der Waals surface area contributed by atoms with Crippen LogP contribution >= 0.6 is 11.3 Å². The number of hydrogen-bond acceptors (Lipinski definition) is 14. The molecule has 0 saturated carbocycles. The van der Waals surface area contributed by atoms with Crippen molar-refractivity contribution < 1.29 is 23.5 Å². The average molecular weight is 628 g/mol. The number of nitrogens with two attached hydrogens (primary N) is 1. The van der Waals surface area contributed by atoms with Crippen molar-refractivity contribution in [3.8, 4) is 23.7 Å². The van der Waals surface area contributed by atoms with Crippen LogP contribution in [0.5, 0.6) is 6.01 Å². The summed E-state index contributed by atoms with van der Waals surface area (Å²) >= 11 is 1.38. The summed E-state index contributed by atoms with van der Waals surface area (Å²) in [5.74, 6) is 0.691. The highest BCUT2D eigenvalue weighted by Gasteiger charge is 2.47. The van der Waals surface area contributed by atoms with Crippen LogP contribution in [0.2, 0.25) is 0 Å². The third kappa shape index (κ3) is 5.60. The number of nitriles is 1. The van der Waals surface area contributed by atoms with Gasteiger partial charge in [0.15, 0.2) is 5.60 Å². The molecule has 2 saturated heterocycles. The summed E-state index contributed by atoms with van der Waals surface area (Å²) in [6.07, 6.45) is 3.46. The normalized spacial score (nSPS) is 28.3. The minimum Gasteiger partial charge on any atom is -0.459 e. The van der Waals surface area contributed by atoms with E-state index in [9.17, 15) is 14.8 Å². The van der Waals surface area contributed by atoms with Gasteiger partial charge in [0.2, 0.25) is 17.6 Å². The molecule has 1 aliphatic carbocycles. The first-order valence-corrected chi connectivity index (χ1v) is 15.8. The molecular formula is C29H38FN9O4S. The number of anilines is 2. The summed E-state index contributed by atoms with van der Waals surface area (Å²) in [6.45, 7) is 4.97. The molecule has 0 bridgehead atoms. The van der Waals surface area contributed by atoms with Crippen molar-refractivity contribution in [2.24, 2.45) is 0 Å². The van der Waals surface area contributed by atoms with Crippen LogP contribution in [0.1, 0.15) is 74.3 Å². The molecule has 2 fully saturated rings. The van der Waals surface area contributed by atoms with Crippen LogP contribution in [0.3, 0.4) is 0 Å². The number of likely N-dealkylation sites (tertiary alicyclic amines) is 1. The molecule has 0 spiro atoms. The highest BCUT2D eigenvalue weighted by Crippen LogP contribution is 2.49. The van der Waals surface area contributed by atoms with Gasteiger partial charge in [0.1, 0.15) is 23.3 Å². The predicted molar refractivity (Wildman–Crippen MR) is 160 cm³/mol. The van der Waals surface area contributed by atoms with Gasteiger partial charge in [-0.1, -0.05) is 5.16 Å². The van der Waals surface area contributed by atoms with Crippen LogP contribution in [0.25, 0.3) is 11.6 Å². The van der Waals surface area contributed by atoms with Crippen LogP contribution in [0, 0.1) is 11.3 Å². The minimum absolute atomic E-state index is 0.0437. The lowest BCUT2D eigenvalue weighted by Gasteiger charge is -2.33. The zero-order valence-electron chi connectivity index (χ0n) is 25.4. The van der Waals surface area contributed by atoms with Crippen molar-refractivity contribution in [3.05, 3.63) is 21.9 Å². The monoisotopic (exact) mass is 627 g/mol. The van der Waals surface area contributed by atoms with E-state index in [1.54, 1.807) is 14.0 Å². The summed E-state index contributed by atoms with van der Waals surface area (Å²) < 4.78 is 32.2. The van der Waals surface area contributed by atoms with Gasteiger partial charge in [0.05, 0.1) is 11.2 Å². The van der Waals surface area contributed by atoms with Gasteiger partial charge < -0.3 is 29.7 Å². The number of methoxy groups -OCH3 is 1. The lowest BCUT2D eigenvalue weighted by molar-refractivity contribution is -0.0178. The number of aromatic nitrogens is 5. The Morgan fingerprint density at radius 1 is 1.20 bits per heavy atom. The number of ether oxygens (including phenoxy) is 2. The maximum Gasteiger partial charge on any atom is 0.322 e. The van der Waals surface area contributed by atoms with E-state index in [4.69, 9.17) is 29.7 Å². The first-order chi connectivity index (χ1) is 21.0. The third-order valence-corrected chi connectivity index (χ3v) is 10.0. The summed E-state index contributed by atoms with van der Waals surface area (Å²) in [7, 11) is 3.42. The van der Waals surface area contributed by atoms with E-state index in [1.807, 2.05) is 23.8 Å². The molecule has 3 aromatic rings. The van der Waals surface area contributed by atoms with Crippen LogP contribution < -0.4 is 15.4 Å². The number of aliphatic hydroxyl groups is 1. The van der Waals surface area contributed by atoms with Gasteiger partial charge in [-0.25, -0.2) is 4.39 Å². The molecule has 6 rings (SSSR count). The molecule has 0 unspecified atom stereocenters. The zero-order valence-corrected chi connectivity index (χ0v) is 26.2.